The number of amides is 1. The molecule has 3 heterocycles. The first-order chi connectivity index (χ1) is 16.4. The number of para-hydroxylation sites is 1. The molecule has 9 heteroatoms. The van der Waals surface area contributed by atoms with Gasteiger partial charge in [-0.15, -0.1) is 0 Å². The van der Waals surface area contributed by atoms with Crippen LogP contribution >= 0.6 is 11.3 Å². The molecule has 34 heavy (non-hydrogen) atoms. The maximum Gasteiger partial charge on any atom is 0.416 e. The summed E-state index contributed by atoms with van der Waals surface area (Å²) in [6, 6.07) is 16.7. The number of carbonyl (C=O) groups is 1. The minimum atomic E-state index is -4.35. The molecule has 5 nitrogen and oxygen atoms in total. The van der Waals surface area contributed by atoms with E-state index in [0.717, 1.165) is 29.1 Å². The predicted octanol–water partition coefficient (Wildman–Crippen LogP) is 5.58. The second-order valence-corrected chi connectivity index (χ2v) is 8.79. The Kier molecular flexibility index (Phi) is 5.87. The van der Waals surface area contributed by atoms with Gasteiger partial charge in [0.25, 0.3) is 5.91 Å². The highest BCUT2D eigenvalue weighted by Crippen LogP contribution is 2.31. The number of hydrogen-bond acceptors (Lipinski definition) is 4. The topological polar surface area (TPSA) is 41.4 Å². The Morgan fingerprint density at radius 2 is 1.59 bits per heavy atom. The first-order valence-corrected chi connectivity index (χ1v) is 11.7. The van der Waals surface area contributed by atoms with Crippen molar-refractivity contribution in [2.45, 2.75) is 6.18 Å². The van der Waals surface area contributed by atoms with Crippen LogP contribution in [-0.2, 0) is 6.18 Å². The number of halogens is 3. The third kappa shape index (κ3) is 4.43. The Morgan fingerprint density at radius 3 is 2.21 bits per heavy atom. The van der Waals surface area contributed by atoms with Gasteiger partial charge in [0.2, 0.25) is 0 Å². The van der Waals surface area contributed by atoms with E-state index in [2.05, 4.69) is 0 Å². The molecule has 1 aliphatic heterocycles. The minimum absolute atomic E-state index is 0.101. The second kappa shape index (κ2) is 8.98. The average molecular weight is 483 g/mol. The van der Waals surface area contributed by atoms with Gasteiger partial charge in [-0.25, -0.2) is 4.68 Å². The highest BCUT2D eigenvalue weighted by molar-refractivity contribution is 7.08. The van der Waals surface area contributed by atoms with Crippen LogP contribution in [0, 0.1) is 0 Å². The van der Waals surface area contributed by atoms with Gasteiger partial charge >= 0.3 is 6.18 Å². The smallest absolute Gasteiger partial charge is 0.368 e. The van der Waals surface area contributed by atoms with Crippen LogP contribution < -0.4 is 4.90 Å². The molecule has 2 aromatic heterocycles. The van der Waals surface area contributed by atoms with E-state index in [-0.39, 0.29) is 5.91 Å². The first-order valence-electron chi connectivity index (χ1n) is 10.8. The van der Waals surface area contributed by atoms with Crippen molar-refractivity contribution in [1.82, 2.24) is 14.7 Å². The van der Waals surface area contributed by atoms with E-state index in [4.69, 9.17) is 5.10 Å². The van der Waals surface area contributed by atoms with Crippen LogP contribution in [0.1, 0.15) is 15.9 Å². The maximum absolute atomic E-state index is 13.5. The molecule has 0 spiro atoms. The lowest BCUT2D eigenvalue weighted by atomic mass is 10.1. The summed E-state index contributed by atoms with van der Waals surface area (Å²) in [5.41, 5.74) is 2.99. The SMILES string of the molecule is O=C(c1cn(-c2ccccc2)nc1-c1ccsc1)N1CCN(c2ccc(C(F)(F)F)cc2)CC1. The molecule has 0 aliphatic carbocycles. The van der Waals surface area contributed by atoms with Crippen molar-refractivity contribution in [1.29, 1.82) is 0 Å². The predicted molar refractivity (Wildman–Crippen MR) is 126 cm³/mol. The van der Waals surface area contributed by atoms with Gasteiger partial charge in [0, 0.05) is 49.0 Å². The summed E-state index contributed by atoms with van der Waals surface area (Å²) in [7, 11) is 0. The van der Waals surface area contributed by atoms with Gasteiger partial charge in [0.15, 0.2) is 0 Å². The fourth-order valence-corrected chi connectivity index (χ4v) is 4.70. The Bertz CT molecular complexity index is 1260. The molecule has 0 saturated carbocycles. The van der Waals surface area contributed by atoms with Crippen molar-refractivity contribution < 1.29 is 18.0 Å². The summed E-state index contributed by atoms with van der Waals surface area (Å²) in [6.07, 6.45) is -2.58. The molecule has 0 N–H and O–H groups in total. The molecule has 1 amide bonds. The third-order valence-corrected chi connectivity index (χ3v) is 6.57. The van der Waals surface area contributed by atoms with Crippen LogP contribution in [0.15, 0.2) is 77.6 Å². The van der Waals surface area contributed by atoms with Gasteiger partial charge < -0.3 is 9.80 Å². The molecule has 4 aromatic rings. The van der Waals surface area contributed by atoms with E-state index in [0.29, 0.717) is 37.4 Å². The van der Waals surface area contributed by atoms with Crippen LogP contribution in [0.5, 0.6) is 0 Å². The van der Waals surface area contributed by atoms with E-state index in [1.54, 1.807) is 27.1 Å². The Hall–Kier alpha value is -3.59. The number of benzene rings is 2. The summed E-state index contributed by atoms with van der Waals surface area (Å²) in [6.45, 7) is 2.02. The molecule has 2 aromatic carbocycles. The second-order valence-electron chi connectivity index (χ2n) is 8.01. The lowest BCUT2D eigenvalue weighted by molar-refractivity contribution is -0.137. The van der Waals surface area contributed by atoms with E-state index in [1.807, 2.05) is 52.1 Å². The molecular formula is C25H21F3N4OS. The zero-order valence-corrected chi connectivity index (χ0v) is 18.9. The highest BCUT2D eigenvalue weighted by Gasteiger charge is 2.31. The summed E-state index contributed by atoms with van der Waals surface area (Å²) >= 11 is 1.54. The molecule has 1 aliphatic rings. The lowest BCUT2D eigenvalue weighted by Crippen LogP contribution is -2.48. The molecule has 1 fully saturated rings. The van der Waals surface area contributed by atoms with Crippen molar-refractivity contribution in [3.63, 3.8) is 0 Å². The quantitative estimate of drug-likeness (QED) is 0.381. The standard InChI is InChI=1S/C25H21F3N4OS/c26-25(27,28)19-6-8-20(9-7-19)30-11-13-31(14-12-30)24(33)22-16-32(21-4-2-1-3-5-21)29-23(22)18-10-15-34-17-18/h1-10,15-17H,11-14H2. The number of piperazine rings is 1. The first kappa shape index (κ1) is 22.2. The number of aromatic nitrogens is 2. The lowest BCUT2D eigenvalue weighted by Gasteiger charge is -2.36. The van der Waals surface area contributed by atoms with Crippen molar-refractivity contribution in [2.24, 2.45) is 0 Å². The number of carbonyl (C=O) groups excluding carboxylic acids is 1. The van der Waals surface area contributed by atoms with E-state index < -0.39 is 11.7 Å². The van der Waals surface area contributed by atoms with Crippen LogP contribution in [-0.4, -0.2) is 46.8 Å². The molecular weight excluding hydrogens is 461 g/mol. The number of anilines is 1. The molecule has 0 bridgehead atoms. The number of thiophene rings is 1. The van der Waals surface area contributed by atoms with Crippen LogP contribution in [0.2, 0.25) is 0 Å². The van der Waals surface area contributed by atoms with Crippen LogP contribution in [0.25, 0.3) is 16.9 Å². The fourth-order valence-electron chi connectivity index (χ4n) is 4.06. The van der Waals surface area contributed by atoms with Crippen molar-refractivity contribution in [3.05, 3.63) is 88.7 Å². The van der Waals surface area contributed by atoms with E-state index in [1.165, 1.54) is 12.1 Å². The average Bonchev–Trinajstić information content (AvgIpc) is 3.54. The molecule has 0 unspecified atom stereocenters. The summed E-state index contributed by atoms with van der Waals surface area (Å²) < 4.78 is 40.3. The Labute approximate surface area is 198 Å². The number of alkyl halides is 3. The summed E-state index contributed by atoms with van der Waals surface area (Å²) in [4.78, 5) is 17.3. The van der Waals surface area contributed by atoms with Gasteiger partial charge in [-0.3, -0.25) is 4.79 Å². The number of hydrogen-bond donors (Lipinski definition) is 0. The number of rotatable bonds is 4. The molecule has 5 rings (SSSR count). The summed E-state index contributed by atoms with van der Waals surface area (Å²) in [5.74, 6) is -0.101. The Morgan fingerprint density at radius 1 is 0.882 bits per heavy atom. The molecule has 174 valence electrons. The fraction of sp³-hybridized carbons (Fsp3) is 0.200. The van der Waals surface area contributed by atoms with Crippen LogP contribution in [0.3, 0.4) is 0 Å². The van der Waals surface area contributed by atoms with E-state index in [9.17, 15) is 18.0 Å². The van der Waals surface area contributed by atoms with Gasteiger partial charge in [-0.05, 0) is 47.8 Å². The number of nitrogens with zero attached hydrogens (tertiary/aromatic N) is 4. The third-order valence-electron chi connectivity index (χ3n) is 5.89. The highest BCUT2D eigenvalue weighted by atomic mass is 32.1. The van der Waals surface area contributed by atoms with E-state index >= 15 is 0 Å². The maximum atomic E-state index is 13.5. The van der Waals surface area contributed by atoms with Gasteiger partial charge in [-0.1, -0.05) is 18.2 Å². The molecule has 0 atom stereocenters. The van der Waals surface area contributed by atoms with Gasteiger partial charge in [-0.2, -0.15) is 29.6 Å². The van der Waals surface area contributed by atoms with Gasteiger partial charge in [0.1, 0.15) is 5.69 Å². The zero-order valence-electron chi connectivity index (χ0n) is 18.1. The van der Waals surface area contributed by atoms with Crippen molar-refractivity contribution in [3.8, 4) is 16.9 Å². The normalized spacial score (nSPS) is 14.4. The van der Waals surface area contributed by atoms with Gasteiger partial charge in [0.05, 0.1) is 16.8 Å². The molecule has 1 saturated heterocycles. The van der Waals surface area contributed by atoms with Crippen molar-refractivity contribution >= 4 is 22.9 Å². The molecule has 0 radical (unpaired) electrons. The largest absolute Gasteiger partial charge is 0.416 e. The summed E-state index contributed by atoms with van der Waals surface area (Å²) in [5, 5.41) is 8.62. The van der Waals surface area contributed by atoms with Crippen LogP contribution in [0.4, 0.5) is 18.9 Å². The monoisotopic (exact) mass is 482 g/mol. The Balaban J connectivity index is 1.34. The van der Waals surface area contributed by atoms with Crippen molar-refractivity contribution in [2.75, 3.05) is 31.1 Å². The minimum Gasteiger partial charge on any atom is -0.368 e. The zero-order chi connectivity index (χ0) is 23.7.